The molecule has 2 heterocycles. The normalized spacial score (nSPS) is 22.0. The highest BCUT2D eigenvalue weighted by Gasteiger charge is 2.33. The first-order chi connectivity index (χ1) is 13.5. The van der Waals surface area contributed by atoms with Crippen molar-refractivity contribution < 1.29 is 10.2 Å². The van der Waals surface area contributed by atoms with Crippen LogP contribution in [0.4, 0.5) is 11.8 Å². The molecule has 1 aliphatic carbocycles. The van der Waals surface area contributed by atoms with Gasteiger partial charge in [0.1, 0.15) is 10.8 Å². The Morgan fingerprint density at radius 2 is 1.96 bits per heavy atom. The summed E-state index contributed by atoms with van der Waals surface area (Å²) in [5, 5.41) is 24.2. The lowest BCUT2D eigenvalue weighted by Gasteiger charge is -2.21. The quantitative estimate of drug-likeness (QED) is 0.607. The number of nitrogens with one attached hydrogen (secondary N) is 1. The molecule has 1 aromatic carbocycles. The van der Waals surface area contributed by atoms with Gasteiger partial charge in [0, 0.05) is 20.7 Å². The SMILES string of the molecule is Cc1nc(N(C)C)nc(N[C@@H]2C[C@H](CO)C[C@H]2O)c1-c1nc2ccccc2s1. The fourth-order valence-electron chi connectivity index (χ4n) is 3.70. The first-order valence-electron chi connectivity index (χ1n) is 9.43. The first kappa shape index (κ1) is 19.0. The van der Waals surface area contributed by atoms with E-state index in [4.69, 9.17) is 9.97 Å². The number of hydrogen-bond acceptors (Lipinski definition) is 8. The second kappa shape index (κ2) is 7.62. The molecule has 148 valence electrons. The molecule has 1 saturated carbocycles. The minimum Gasteiger partial charge on any atom is -0.396 e. The highest BCUT2D eigenvalue weighted by Crippen LogP contribution is 2.38. The van der Waals surface area contributed by atoms with E-state index in [1.54, 1.807) is 11.3 Å². The van der Waals surface area contributed by atoms with Crippen molar-refractivity contribution in [2.45, 2.75) is 31.9 Å². The van der Waals surface area contributed by atoms with Crippen LogP contribution in [0.3, 0.4) is 0 Å². The van der Waals surface area contributed by atoms with E-state index in [9.17, 15) is 10.2 Å². The summed E-state index contributed by atoms with van der Waals surface area (Å²) in [5.41, 5.74) is 2.66. The van der Waals surface area contributed by atoms with Gasteiger partial charge in [-0.1, -0.05) is 12.1 Å². The number of anilines is 2. The van der Waals surface area contributed by atoms with Crippen molar-refractivity contribution in [3.8, 4) is 10.6 Å². The number of nitrogens with zero attached hydrogens (tertiary/aromatic N) is 4. The molecular weight excluding hydrogens is 374 g/mol. The predicted molar refractivity (Wildman–Crippen MR) is 113 cm³/mol. The number of para-hydroxylation sites is 1. The number of aliphatic hydroxyl groups excluding tert-OH is 2. The van der Waals surface area contributed by atoms with Gasteiger partial charge in [-0.3, -0.25) is 0 Å². The third kappa shape index (κ3) is 3.55. The maximum Gasteiger partial charge on any atom is 0.227 e. The molecule has 3 N–H and O–H groups in total. The summed E-state index contributed by atoms with van der Waals surface area (Å²) in [5.74, 6) is 1.39. The van der Waals surface area contributed by atoms with E-state index >= 15 is 0 Å². The van der Waals surface area contributed by atoms with Gasteiger partial charge in [-0.25, -0.2) is 9.97 Å². The Hall–Kier alpha value is -2.29. The molecular formula is C20H25N5O2S. The maximum atomic E-state index is 10.4. The van der Waals surface area contributed by atoms with Gasteiger partial charge < -0.3 is 20.4 Å². The van der Waals surface area contributed by atoms with Gasteiger partial charge in [0.15, 0.2) is 0 Å². The number of aliphatic hydroxyl groups is 2. The van der Waals surface area contributed by atoms with Crippen molar-refractivity contribution in [3.05, 3.63) is 30.0 Å². The third-order valence-electron chi connectivity index (χ3n) is 5.19. The molecule has 3 atom stereocenters. The average Bonchev–Trinajstić information content (AvgIpc) is 3.24. The van der Waals surface area contributed by atoms with Crippen LogP contribution in [0.1, 0.15) is 18.5 Å². The van der Waals surface area contributed by atoms with Crippen LogP contribution < -0.4 is 10.2 Å². The topological polar surface area (TPSA) is 94.4 Å². The summed E-state index contributed by atoms with van der Waals surface area (Å²) in [6, 6.07) is 7.88. The van der Waals surface area contributed by atoms with E-state index in [2.05, 4.69) is 16.4 Å². The second-order valence-corrected chi connectivity index (χ2v) is 8.58. The summed E-state index contributed by atoms with van der Waals surface area (Å²) in [6.07, 6.45) is 0.783. The van der Waals surface area contributed by atoms with Crippen molar-refractivity contribution in [3.63, 3.8) is 0 Å². The first-order valence-corrected chi connectivity index (χ1v) is 10.2. The van der Waals surface area contributed by atoms with E-state index in [1.165, 1.54) is 0 Å². The molecule has 0 amide bonds. The van der Waals surface area contributed by atoms with Crippen molar-refractivity contribution in [2.75, 3.05) is 30.9 Å². The minimum atomic E-state index is -0.515. The molecule has 1 fully saturated rings. The van der Waals surface area contributed by atoms with Crippen molar-refractivity contribution in [1.82, 2.24) is 15.0 Å². The Morgan fingerprint density at radius 3 is 2.64 bits per heavy atom. The van der Waals surface area contributed by atoms with Crippen molar-refractivity contribution in [1.29, 1.82) is 0 Å². The molecule has 0 spiro atoms. The fourth-order valence-corrected chi connectivity index (χ4v) is 4.76. The molecule has 8 heteroatoms. The molecule has 0 unspecified atom stereocenters. The Bertz CT molecular complexity index is 957. The van der Waals surface area contributed by atoms with Crippen LogP contribution >= 0.6 is 11.3 Å². The summed E-state index contributed by atoms with van der Waals surface area (Å²) in [7, 11) is 3.81. The zero-order valence-corrected chi connectivity index (χ0v) is 17.1. The molecule has 0 saturated heterocycles. The zero-order valence-electron chi connectivity index (χ0n) is 16.3. The molecule has 28 heavy (non-hydrogen) atoms. The molecule has 2 aromatic heterocycles. The number of thiazole rings is 1. The maximum absolute atomic E-state index is 10.4. The number of aromatic nitrogens is 3. The van der Waals surface area contributed by atoms with E-state index in [1.807, 2.05) is 44.1 Å². The lowest BCUT2D eigenvalue weighted by molar-refractivity contribution is 0.157. The summed E-state index contributed by atoms with van der Waals surface area (Å²) in [6.45, 7) is 2.05. The Labute approximate surface area is 168 Å². The highest BCUT2D eigenvalue weighted by molar-refractivity contribution is 7.21. The lowest BCUT2D eigenvalue weighted by atomic mass is 10.1. The summed E-state index contributed by atoms with van der Waals surface area (Å²) < 4.78 is 1.11. The molecule has 0 aliphatic heterocycles. The molecule has 7 nitrogen and oxygen atoms in total. The van der Waals surface area contributed by atoms with Gasteiger partial charge in [0.05, 0.1) is 33.6 Å². The minimum absolute atomic E-state index is 0.0890. The van der Waals surface area contributed by atoms with E-state index in [-0.39, 0.29) is 18.6 Å². The largest absolute Gasteiger partial charge is 0.396 e. The fraction of sp³-hybridized carbons (Fsp3) is 0.450. The molecule has 0 bridgehead atoms. The number of fused-ring (bicyclic) bond motifs is 1. The van der Waals surface area contributed by atoms with Gasteiger partial charge in [-0.2, -0.15) is 4.98 Å². The van der Waals surface area contributed by atoms with Crippen LogP contribution in [-0.2, 0) is 0 Å². The van der Waals surface area contributed by atoms with E-state index < -0.39 is 6.10 Å². The highest BCUT2D eigenvalue weighted by atomic mass is 32.1. The van der Waals surface area contributed by atoms with Crippen LogP contribution in [-0.4, -0.2) is 58.0 Å². The smallest absolute Gasteiger partial charge is 0.227 e. The van der Waals surface area contributed by atoms with E-state index in [0.717, 1.165) is 26.5 Å². The van der Waals surface area contributed by atoms with Crippen molar-refractivity contribution >= 4 is 33.3 Å². The van der Waals surface area contributed by atoms with Gasteiger partial charge in [-0.15, -0.1) is 11.3 Å². The third-order valence-corrected chi connectivity index (χ3v) is 6.25. The average molecular weight is 400 g/mol. The van der Waals surface area contributed by atoms with E-state index in [0.29, 0.717) is 24.6 Å². The summed E-state index contributed by atoms with van der Waals surface area (Å²) in [4.78, 5) is 16.0. The summed E-state index contributed by atoms with van der Waals surface area (Å²) >= 11 is 1.61. The van der Waals surface area contributed by atoms with Crippen LogP contribution in [0.15, 0.2) is 24.3 Å². The van der Waals surface area contributed by atoms with Gasteiger partial charge >= 0.3 is 0 Å². The molecule has 1 aliphatic rings. The van der Waals surface area contributed by atoms with Crippen molar-refractivity contribution in [2.24, 2.45) is 5.92 Å². The second-order valence-electron chi connectivity index (χ2n) is 7.55. The Kier molecular flexibility index (Phi) is 5.18. The Morgan fingerprint density at radius 1 is 1.18 bits per heavy atom. The predicted octanol–water partition coefficient (Wildman–Crippen LogP) is 2.67. The monoisotopic (exact) mass is 399 g/mol. The van der Waals surface area contributed by atoms with Crippen LogP contribution in [0, 0.1) is 12.8 Å². The Balaban J connectivity index is 1.78. The van der Waals surface area contributed by atoms with Gasteiger partial charge in [-0.05, 0) is 37.8 Å². The van der Waals surface area contributed by atoms with Gasteiger partial charge in [0.2, 0.25) is 5.95 Å². The van der Waals surface area contributed by atoms with Crippen LogP contribution in [0.5, 0.6) is 0 Å². The van der Waals surface area contributed by atoms with Crippen LogP contribution in [0.25, 0.3) is 20.8 Å². The number of hydrogen-bond donors (Lipinski definition) is 3. The van der Waals surface area contributed by atoms with Gasteiger partial charge in [0.25, 0.3) is 0 Å². The molecule has 0 radical (unpaired) electrons. The molecule has 3 aromatic rings. The number of aryl methyl sites for hydroxylation is 1. The number of benzene rings is 1. The molecule has 4 rings (SSSR count). The lowest BCUT2D eigenvalue weighted by Crippen LogP contribution is -2.29. The number of rotatable bonds is 5. The standard InChI is InChI=1S/C20H25N5O2S/c1-11-17(19-23-13-6-4-5-7-16(13)28-19)18(24-20(21-11)25(2)3)22-14-8-12(10-26)9-15(14)27/h4-7,12,14-15,26-27H,8-10H2,1-3H3,(H,21,22,24)/t12-,14+,15+/m0/s1. The van der Waals surface area contributed by atoms with Crippen LogP contribution in [0.2, 0.25) is 0 Å². The zero-order chi connectivity index (χ0) is 19.8.